The van der Waals surface area contributed by atoms with Crippen molar-refractivity contribution in [2.75, 3.05) is 0 Å². The highest BCUT2D eigenvalue weighted by Crippen LogP contribution is 2.23. The Kier molecular flexibility index (Phi) is 3.79. The van der Waals surface area contributed by atoms with Gasteiger partial charge in [-0.15, -0.1) is 23.4 Å². The SMILES string of the molecule is Fc1ccccc1SCc1nc(CCl)n[nH]1. The van der Waals surface area contributed by atoms with Crippen LogP contribution in [0.4, 0.5) is 4.39 Å². The van der Waals surface area contributed by atoms with Crippen LogP contribution in [-0.4, -0.2) is 15.2 Å². The van der Waals surface area contributed by atoms with Crippen molar-refractivity contribution in [1.29, 1.82) is 0 Å². The third-order valence-electron chi connectivity index (χ3n) is 1.90. The topological polar surface area (TPSA) is 41.6 Å². The van der Waals surface area contributed by atoms with Crippen molar-refractivity contribution in [2.24, 2.45) is 0 Å². The van der Waals surface area contributed by atoms with E-state index >= 15 is 0 Å². The lowest BCUT2D eigenvalue weighted by Crippen LogP contribution is -1.86. The van der Waals surface area contributed by atoms with Crippen LogP contribution in [0.2, 0.25) is 0 Å². The number of hydrogen-bond acceptors (Lipinski definition) is 3. The summed E-state index contributed by atoms with van der Waals surface area (Å²) in [5, 5.41) is 6.65. The van der Waals surface area contributed by atoms with Crippen molar-refractivity contribution in [2.45, 2.75) is 16.5 Å². The van der Waals surface area contributed by atoms with Gasteiger partial charge in [0.1, 0.15) is 11.6 Å². The molecule has 1 heterocycles. The Morgan fingerprint density at radius 1 is 1.38 bits per heavy atom. The number of benzene rings is 1. The van der Waals surface area contributed by atoms with Crippen LogP contribution in [-0.2, 0) is 11.6 Å². The maximum atomic E-state index is 13.3. The monoisotopic (exact) mass is 257 g/mol. The maximum Gasteiger partial charge on any atom is 0.165 e. The molecule has 0 unspecified atom stereocenters. The summed E-state index contributed by atoms with van der Waals surface area (Å²) in [4.78, 5) is 4.73. The molecule has 6 heteroatoms. The van der Waals surface area contributed by atoms with E-state index in [1.54, 1.807) is 18.2 Å². The van der Waals surface area contributed by atoms with E-state index < -0.39 is 0 Å². The molecule has 0 radical (unpaired) electrons. The minimum atomic E-state index is -0.218. The normalized spacial score (nSPS) is 10.6. The molecular formula is C10H9ClFN3S. The highest BCUT2D eigenvalue weighted by Gasteiger charge is 2.05. The number of nitrogens with one attached hydrogen (secondary N) is 1. The predicted octanol–water partition coefficient (Wildman–Crippen LogP) is 2.97. The summed E-state index contributed by atoms with van der Waals surface area (Å²) in [6, 6.07) is 6.64. The Balaban J connectivity index is 1.99. The summed E-state index contributed by atoms with van der Waals surface area (Å²) in [6.45, 7) is 0. The van der Waals surface area contributed by atoms with E-state index in [4.69, 9.17) is 11.6 Å². The number of alkyl halides is 1. The third-order valence-corrected chi connectivity index (χ3v) is 3.20. The molecule has 0 aliphatic rings. The van der Waals surface area contributed by atoms with Gasteiger partial charge in [0.2, 0.25) is 0 Å². The van der Waals surface area contributed by atoms with Gasteiger partial charge in [-0.1, -0.05) is 12.1 Å². The van der Waals surface area contributed by atoms with Gasteiger partial charge in [0.25, 0.3) is 0 Å². The molecule has 1 N–H and O–H groups in total. The Morgan fingerprint density at radius 3 is 2.88 bits per heavy atom. The van der Waals surface area contributed by atoms with E-state index in [-0.39, 0.29) is 11.7 Å². The van der Waals surface area contributed by atoms with E-state index in [1.165, 1.54) is 17.8 Å². The number of thioether (sulfide) groups is 1. The zero-order valence-electron chi connectivity index (χ0n) is 8.28. The Morgan fingerprint density at radius 2 is 2.19 bits per heavy atom. The largest absolute Gasteiger partial charge is 0.262 e. The van der Waals surface area contributed by atoms with Gasteiger partial charge in [-0.3, -0.25) is 5.10 Å². The predicted molar refractivity (Wildman–Crippen MR) is 61.9 cm³/mol. The number of halogens is 2. The second kappa shape index (κ2) is 5.32. The average molecular weight is 258 g/mol. The Hall–Kier alpha value is -1.07. The van der Waals surface area contributed by atoms with Gasteiger partial charge in [0.05, 0.1) is 11.6 Å². The molecule has 0 saturated heterocycles. The molecule has 0 spiro atoms. The highest BCUT2D eigenvalue weighted by atomic mass is 35.5. The molecule has 0 fully saturated rings. The molecule has 1 aromatic heterocycles. The highest BCUT2D eigenvalue weighted by molar-refractivity contribution is 7.98. The molecule has 0 aliphatic heterocycles. The molecule has 1 aromatic carbocycles. The third kappa shape index (κ3) is 2.74. The molecule has 2 rings (SSSR count). The Labute approximate surface area is 101 Å². The summed E-state index contributed by atoms with van der Waals surface area (Å²) in [6.07, 6.45) is 0. The van der Waals surface area contributed by atoms with E-state index in [0.29, 0.717) is 22.3 Å². The van der Waals surface area contributed by atoms with Crippen molar-refractivity contribution in [3.63, 3.8) is 0 Å². The maximum absolute atomic E-state index is 13.3. The van der Waals surface area contributed by atoms with E-state index in [0.717, 1.165) is 0 Å². The molecule has 0 bridgehead atoms. The minimum absolute atomic E-state index is 0.218. The lowest BCUT2D eigenvalue weighted by Gasteiger charge is -1.99. The second-order valence-electron chi connectivity index (χ2n) is 3.05. The smallest absolute Gasteiger partial charge is 0.165 e. The number of nitrogens with zero attached hydrogens (tertiary/aromatic N) is 2. The van der Waals surface area contributed by atoms with Crippen LogP contribution < -0.4 is 0 Å². The average Bonchev–Trinajstić information content (AvgIpc) is 2.76. The van der Waals surface area contributed by atoms with Crippen molar-refractivity contribution in [3.05, 3.63) is 41.7 Å². The summed E-state index contributed by atoms with van der Waals surface area (Å²) in [5.74, 6) is 1.87. The lowest BCUT2D eigenvalue weighted by atomic mass is 10.3. The zero-order chi connectivity index (χ0) is 11.4. The first-order chi connectivity index (χ1) is 7.79. The van der Waals surface area contributed by atoms with Crippen molar-refractivity contribution < 1.29 is 4.39 Å². The number of aromatic amines is 1. The lowest BCUT2D eigenvalue weighted by molar-refractivity contribution is 0.602. The van der Waals surface area contributed by atoms with E-state index in [9.17, 15) is 4.39 Å². The van der Waals surface area contributed by atoms with E-state index in [2.05, 4.69) is 15.2 Å². The second-order valence-corrected chi connectivity index (χ2v) is 4.34. The summed E-state index contributed by atoms with van der Waals surface area (Å²) < 4.78 is 13.3. The van der Waals surface area contributed by atoms with Crippen molar-refractivity contribution in [3.8, 4) is 0 Å². The van der Waals surface area contributed by atoms with Gasteiger partial charge >= 0.3 is 0 Å². The molecule has 3 nitrogen and oxygen atoms in total. The molecule has 2 aromatic rings. The van der Waals surface area contributed by atoms with Gasteiger partial charge in [-0.25, -0.2) is 9.37 Å². The number of hydrogen-bond donors (Lipinski definition) is 1. The minimum Gasteiger partial charge on any atom is -0.262 e. The van der Waals surface area contributed by atoms with Crippen LogP contribution in [0.25, 0.3) is 0 Å². The Bertz CT molecular complexity index is 475. The standard InChI is InChI=1S/C10H9ClFN3S/c11-5-9-13-10(15-14-9)6-16-8-4-2-1-3-7(8)12/h1-4H,5-6H2,(H,13,14,15). The summed E-state index contributed by atoms with van der Waals surface area (Å²) >= 11 is 6.94. The van der Waals surface area contributed by atoms with Crippen LogP contribution >= 0.6 is 23.4 Å². The van der Waals surface area contributed by atoms with Crippen LogP contribution in [0, 0.1) is 5.82 Å². The first kappa shape index (κ1) is 11.4. The molecule has 0 atom stereocenters. The van der Waals surface area contributed by atoms with Gasteiger partial charge in [-0.05, 0) is 12.1 Å². The van der Waals surface area contributed by atoms with Crippen molar-refractivity contribution in [1.82, 2.24) is 15.2 Å². The van der Waals surface area contributed by atoms with Crippen LogP contribution in [0.1, 0.15) is 11.6 Å². The number of rotatable bonds is 4. The summed E-state index contributed by atoms with van der Waals surface area (Å²) in [7, 11) is 0. The van der Waals surface area contributed by atoms with Gasteiger partial charge in [0.15, 0.2) is 5.82 Å². The van der Waals surface area contributed by atoms with Crippen LogP contribution in [0.15, 0.2) is 29.2 Å². The molecule has 16 heavy (non-hydrogen) atoms. The van der Waals surface area contributed by atoms with Gasteiger partial charge < -0.3 is 0 Å². The van der Waals surface area contributed by atoms with Gasteiger partial charge in [0, 0.05) is 4.90 Å². The quantitative estimate of drug-likeness (QED) is 0.676. The molecule has 0 aliphatic carbocycles. The first-order valence-corrected chi connectivity index (χ1v) is 6.15. The fourth-order valence-corrected chi connectivity index (χ4v) is 2.09. The van der Waals surface area contributed by atoms with Crippen molar-refractivity contribution >= 4 is 23.4 Å². The molecular weight excluding hydrogens is 249 g/mol. The number of H-pyrrole nitrogens is 1. The number of aromatic nitrogens is 3. The summed E-state index contributed by atoms with van der Waals surface area (Å²) in [5.41, 5.74) is 0. The van der Waals surface area contributed by atoms with Crippen LogP contribution in [0.5, 0.6) is 0 Å². The fourth-order valence-electron chi connectivity index (χ4n) is 1.17. The van der Waals surface area contributed by atoms with E-state index in [1.807, 2.05) is 0 Å². The first-order valence-electron chi connectivity index (χ1n) is 4.63. The molecule has 0 saturated carbocycles. The van der Waals surface area contributed by atoms with Crippen LogP contribution in [0.3, 0.4) is 0 Å². The van der Waals surface area contributed by atoms with Gasteiger partial charge in [-0.2, -0.15) is 5.10 Å². The fraction of sp³-hybridized carbons (Fsp3) is 0.200. The zero-order valence-corrected chi connectivity index (χ0v) is 9.85. The molecule has 84 valence electrons. The molecule has 0 amide bonds.